The number of hydrogen-bond acceptors (Lipinski definition) is 6. The molecule has 2 aliphatic heterocycles. The summed E-state index contributed by atoms with van der Waals surface area (Å²) in [7, 11) is 1.30. The van der Waals surface area contributed by atoms with Crippen molar-refractivity contribution in [2.45, 2.75) is 25.5 Å². The van der Waals surface area contributed by atoms with Gasteiger partial charge in [0.05, 0.1) is 19.3 Å². The van der Waals surface area contributed by atoms with Crippen molar-refractivity contribution in [2.75, 3.05) is 25.6 Å². The quantitative estimate of drug-likeness (QED) is 0.369. The summed E-state index contributed by atoms with van der Waals surface area (Å²) >= 11 is 0. The fraction of sp³-hybridized carbons (Fsp3) is 0.304. The number of amides is 1. The van der Waals surface area contributed by atoms with Gasteiger partial charge in [-0.05, 0) is 31.0 Å². The molecule has 2 aromatic carbocycles. The second kappa shape index (κ2) is 8.69. The van der Waals surface area contributed by atoms with Crippen molar-refractivity contribution in [3.8, 4) is 0 Å². The Hall–Kier alpha value is -3.16. The van der Waals surface area contributed by atoms with Crippen LogP contribution in [0.4, 0.5) is 5.69 Å². The number of ether oxygens (including phenoxy) is 2. The van der Waals surface area contributed by atoms with E-state index >= 15 is 0 Å². The number of methoxy groups -OCH3 is 1. The summed E-state index contributed by atoms with van der Waals surface area (Å²) in [6.07, 6.45) is 1.62. The summed E-state index contributed by atoms with van der Waals surface area (Å²) in [5.41, 5.74) is 5.41. The second-order valence-electron chi connectivity index (χ2n) is 7.30. The molecule has 2 aromatic rings. The molecule has 2 heterocycles. The van der Waals surface area contributed by atoms with Crippen molar-refractivity contribution in [1.82, 2.24) is 5.32 Å². The molecule has 7 nitrogen and oxygen atoms in total. The molecule has 4 rings (SSSR count). The Labute approximate surface area is 174 Å². The van der Waals surface area contributed by atoms with E-state index in [-0.39, 0.29) is 12.5 Å². The Morgan fingerprint density at radius 3 is 2.90 bits per heavy atom. The summed E-state index contributed by atoms with van der Waals surface area (Å²) in [5, 5.41) is 15.1. The van der Waals surface area contributed by atoms with Crippen molar-refractivity contribution in [3.05, 3.63) is 64.7 Å². The van der Waals surface area contributed by atoms with Crippen LogP contribution < -0.4 is 10.6 Å². The highest BCUT2D eigenvalue weighted by Gasteiger charge is 2.32. The van der Waals surface area contributed by atoms with Crippen LogP contribution in [0, 0.1) is 0 Å². The molecule has 0 fully saturated rings. The summed E-state index contributed by atoms with van der Waals surface area (Å²) in [4.78, 5) is 24.0. The normalized spacial score (nSPS) is 17.7. The number of para-hydroxylation sites is 1. The second-order valence-corrected chi connectivity index (χ2v) is 7.30. The van der Waals surface area contributed by atoms with Crippen molar-refractivity contribution < 1.29 is 24.2 Å². The SMILES string of the molecule is COC(=O)[C@@H](CO)NCCCc1ccc2c(c1)COC2=C1C(=O)Nc2ccccc21. The third-order valence-corrected chi connectivity index (χ3v) is 5.39. The number of anilines is 1. The Morgan fingerprint density at radius 1 is 1.27 bits per heavy atom. The van der Waals surface area contributed by atoms with Gasteiger partial charge < -0.3 is 25.2 Å². The lowest BCUT2D eigenvalue weighted by Crippen LogP contribution is -2.41. The Kier molecular flexibility index (Phi) is 5.83. The summed E-state index contributed by atoms with van der Waals surface area (Å²) in [6.45, 7) is 0.724. The molecule has 7 heteroatoms. The van der Waals surface area contributed by atoms with Crippen LogP contribution in [0.2, 0.25) is 0 Å². The number of aliphatic hydroxyl groups is 1. The zero-order valence-electron chi connectivity index (χ0n) is 16.7. The minimum atomic E-state index is -0.696. The number of aliphatic hydroxyl groups excluding tert-OH is 1. The zero-order chi connectivity index (χ0) is 21.1. The van der Waals surface area contributed by atoms with Gasteiger partial charge in [-0.1, -0.05) is 36.4 Å². The van der Waals surface area contributed by atoms with Gasteiger partial charge in [0.2, 0.25) is 0 Å². The molecule has 156 valence electrons. The molecule has 2 aliphatic rings. The highest BCUT2D eigenvalue weighted by atomic mass is 16.5. The molecule has 1 amide bonds. The van der Waals surface area contributed by atoms with Gasteiger partial charge >= 0.3 is 5.97 Å². The third kappa shape index (κ3) is 3.81. The standard InChI is InChI=1S/C23H24N2O5/c1-29-23(28)19(12-26)24-10-4-5-14-8-9-16-15(11-14)13-30-21(16)20-17-6-2-3-7-18(17)25-22(20)27/h2-3,6-9,11,19,24,26H,4-5,10,12-13H2,1H3,(H,25,27)/t19-/m1/s1. The molecule has 3 N–H and O–H groups in total. The van der Waals surface area contributed by atoms with Crippen LogP contribution in [-0.4, -0.2) is 43.3 Å². The Bertz CT molecular complexity index is 1010. The van der Waals surface area contributed by atoms with Gasteiger partial charge in [0, 0.05) is 22.4 Å². The highest BCUT2D eigenvalue weighted by molar-refractivity contribution is 6.36. The van der Waals surface area contributed by atoms with E-state index in [1.54, 1.807) is 0 Å². The summed E-state index contributed by atoms with van der Waals surface area (Å²) in [5.74, 6) is 0.0213. The number of carbonyl (C=O) groups is 2. The molecule has 0 bridgehead atoms. The first-order valence-electron chi connectivity index (χ1n) is 9.94. The molecule has 0 unspecified atom stereocenters. The average Bonchev–Trinajstić information content (AvgIpc) is 3.32. The molecular formula is C23H24N2O5. The van der Waals surface area contributed by atoms with Gasteiger partial charge in [-0.3, -0.25) is 9.59 Å². The van der Waals surface area contributed by atoms with Gasteiger partial charge in [-0.2, -0.15) is 0 Å². The molecule has 0 saturated heterocycles. The van der Waals surface area contributed by atoms with Crippen molar-refractivity contribution in [1.29, 1.82) is 0 Å². The minimum Gasteiger partial charge on any atom is -0.487 e. The molecule has 30 heavy (non-hydrogen) atoms. The first kappa shape index (κ1) is 20.1. The average molecular weight is 408 g/mol. The molecule has 0 aliphatic carbocycles. The van der Waals surface area contributed by atoms with Crippen LogP contribution in [-0.2, 0) is 32.1 Å². The Morgan fingerprint density at radius 2 is 2.10 bits per heavy atom. The minimum absolute atomic E-state index is 0.141. The zero-order valence-corrected chi connectivity index (χ0v) is 16.7. The third-order valence-electron chi connectivity index (χ3n) is 5.39. The molecule has 0 aromatic heterocycles. The summed E-state index contributed by atoms with van der Waals surface area (Å²) in [6, 6.07) is 13.1. The first-order valence-corrected chi connectivity index (χ1v) is 9.94. The number of carbonyl (C=O) groups excluding carboxylic acids is 2. The van der Waals surface area contributed by atoms with Gasteiger partial charge in [-0.25, -0.2) is 0 Å². The largest absolute Gasteiger partial charge is 0.487 e. The van der Waals surface area contributed by atoms with E-state index in [1.807, 2.05) is 36.4 Å². The van der Waals surface area contributed by atoms with Crippen molar-refractivity contribution >= 4 is 28.9 Å². The number of fused-ring (bicyclic) bond motifs is 2. The Balaban J connectivity index is 1.45. The lowest BCUT2D eigenvalue weighted by Gasteiger charge is -2.13. The fourth-order valence-corrected chi connectivity index (χ4v) is 3.85. The maximum Gasteiger partial charge on any atom is 0.325 e. The van der Waals surface area contributed by atoms with Gasteiger partial charge in [0.1, 0.15) is 18.4 Å². The number of esters is 1. The van der Waals surface area contributed by atoms with Gasteiger partial charge in [-0.15, -0.1) is 0 Å². The van der Waals surface area contributed by atoms with Crippen molar-refractivity contribution in [3.63, 3.8) is 0 Å². The predicted molar refractivity (Wildman–Crippen MR) is 112 cm³/mol. The molecule has 1 atom stereocenters. The van der Waals surface area contributed by atoms with Gasteiger partial charge in [0.15, 0.2) is 0 Å². The first-order chi connectivity index (χ1) is 14.6. The lowest BCUT2D eigenvalue weighted by molar-refractivity contribution is -0.144. The van der Waals surface area contributed by atoms with Crippen LogP contribution in [0.1, 0.15) is 28.7 Å². The molecule has 0 spiro atoms. The van der Waals surface area contributed by atoms with Crippen LogP contribution in [0.5, 0.6) is 0 Å². The molecule has 0 radical (unpaired) electrons. The smallest absolute Gasteiger partial charge is 0.325 e. The number of aryl methyl sites for hydroxylation is 1. The monoisotopic (exact) mass is 408 g/mol. The number of benzene rings is 2. The highest BCUT2D eigenvalue weighted by Crippen LogP contribution is 2.41. The molecule has 0 saturated carbocycles. The van der Waals surface area contributed by atoms with Crippen LogP contribution >= 0.6 is 0 Å². The van der Waals surface area contributed by atoms with Crippen LogP contribution in [0.25, 0.3) is 11.3 Å². The van der Waals surface area contributed by atoms with Crippen LogP contribution in [0.15, 0.2) is 42.5 Å². The van der Waals surface area contributed by atoms with E-state index in [2.05, 4.69) is 21.4 Å². The van der Waals surface area contributed by atoms with Crippen molar-refractivity contribution in [2.24, 2.45) is 0 Å². The van der Waals surface area contributed by atoms with E-state index in [1.165, 1.54) is 7.11 Å². The maximum absolute atomic E-state index is 12.5. The maximum atomic E-state index is 12.5. The number of nitrogens with one attached hydrogen (secondary N) is 2. The summed E-state index contributed by atoms with van der Waals surface area (Å²) < 4.78 is 10.6. The van der Waals surface area contributed by atoms with E-state index in [9.17, 15) is 14.7 Å². The predicted octanol–water partition coefficient (Wildman–Crippen LogP) is 2.09. The number of hydrogen-bond donors (Lipinski definition) is 3. The van der Waals surface area contributed by atoms with Crippen LogP contribution in [0.3, 0.4) is 0 Å². The topological polar surface area (TPSA) is 96.9 Å². The van der Waals surface area contributed by atoms with Gasteiger partial charge in [0.25, 0.3) is 5.91 Å². The lowest BCUT2D eigenvalue weighted by atomic mass is 9.98. The van der Waals surface area contributed by atoms with E-state index in [4.69, 9.17) is 4.74 Å². The van der Waals surface area contributed by atoms with E-state index < -0.39 is 12.0 Å². The molecular weight excluding hydrogens is 384 g/mol. The number of rotatable bonds is 7. The van der Waals surface area contributed by atoms with E-state index in [0.717, 1.165) is 40.8 Å². The van der Waals surface area contributed by atoms with E-state index in [0.29, 0.717) is 24.5 Å². The fourth-order valence-electron chi connectivity index (χ4n) is 3.85.